The Bertz CT molecular complexity index is 804. The summed E-state index contributed by atoms with van der Waals surface area (Å²) in [5, 5.41) is 8.72. The van der Waals surface area contributed by atoms with Crippen molar-refractivity contribution in [2.45, 2.75) is 114 Å². The van der Waals surface area contributed by atoms with E-state index in [1.54, 1.807) is 0 Å². The Balaban J connectivity index is 1.50. The number of nitrogens with one attached hydrogen (secondary N) is 3. The van der Waals surface area contributed by atoms with Gasteiger partial charge in [0.2, 0.25) is 0 Å². The Morgan fingerprint density at radius 1 is 0.472 bits per heavy atom. The summed E-state index contributed by atoms with van der Waals surface area (Å²) in [7, 11) is 0. The molecule has 198 valence electrons. The van der Waals surface area contributed by atoms with Gasteiger partial charge in [-0.2, -0.15) is 0 Å². The Labute approximate surface area is 210 Å². The van der Waals surface area contributed by atoms with Crippen molar-refractivity contribution < 1.29 is 27.6 Å². The van der Waals surface area contributed by atoms with Crippen LogP contribution in [0.1, 0.15) is 108 Å². The molecule has 0 radical (unpaired) electrons. The van der Waals surface area contributed by atoms with Crippen LogP contribution in [0.4, 0.5) is 13.2 Å². The molecule has 3 N–H and O–H groups in total. The fraction of sp³-hybridized carbons (Fsp3) is 0.667. The summed E-state index contributed by atoms with van der Waals surface area (Å²) < 4.78 is 40.5. The third-order valence-electron chi connectivity index (χ3n) is 7.70. The highest BCUT2D eigenvalue weighted by atomic mass is 19.1. The van der Waals surface area contributed by atoms with Crippen molar-refractivity contribution in [1.82, 2.24) is 16.0 Å². The number of hydrogen-bond donors (Lipinski definition) is 3. The van der Waals surface area contributed by atoms with Gasteiger partial charge in [-0.25, -0.2) is 13.2 Å². The minimum Gasteiger partial charge on any atom is -0.349 e. The summed E-state index contributed by atoms with van der Waals surface area (Å²) in [4.78, 5) is 39.1. The second kappa shape index (κ2) is 12.1. The van der Waals surface area contributed by atoms with Gasteiger partial charge in [-0.3, -0.25) is 14.4 Å². The largest absolute Gasteiger partial charge is 0.349 e. The number of rotatable bonds is 6. The molecule has 3 amide bonds. The maximum atomic E-state index is 13.5. The normalized spacial score (nSPS) is 30.8. The second-order valence-corrected chi connectivity index (χ2v) is 10.6. The van der Waals surface area contributed by atoms with E-state index in [2.05, 4.69) is 16.0 Å². The molecule has 0 atom stereocenters. The summed E-state index contributed by atoms with van der Waals surface area (Å²) in [6, 6.07) is 3.88. The molecule has 4 rings (SSSR count). The zero-order valence-electron chi connectivity index (χ0n) is 20.5. The first-order chi connectivity index (χ1) is 17.3. The number of benzene rings is 1. The Kier molecular flexibility index (Phi) is 8.90. The van der Waals surface area contributed by atoms with Gasteiger partial charge in [0.05, 0.1) is 0 Å². The molecule has 0 bridgehead atoms. The summed E-state index contributed by atoms with van der Waals surface area (Å²) in [5.74, 6) is -1.26. The number of alkyl halides is 3. The molecule has 3 aliphatic carbocycles. The molecule has 1 aromatic rings. The molecule has 3 saturated carbocycles. The van der Waals surface area contributed by atoms with Crippen LogP contribution >= 0.6 is 0 Å². The molecule has 9 heteroatoms. The molecule has 1 aromatic carbocycles. The Morgan fingerprint density at radius 3 is 0.917 bits per heavy atom. The van der Waals surface area contributed by atoms with Crippen molar-refractivity contribution in [2.75, 3.05) is 0 Å². The lowest BCUT2D eigenvalue weighted by Gasteiger charge is -2.26. The molecule has 3 fully saturated rings. The molecular formula is C27H36F3N3O3. The lowest BCUT2D eigenvalue weighted by Crippen LogP contribution is -2.40. The number of amides is 3. The van der Waals surface area contributed by atoms with Crippen LogP contribution < -0.4 is 16.0 Å². The first-order valence-electron chi connectivity index (χ1n) is 13.3. The quantitative estimate of drug-likeness (QED) is 0.521. The van der Waals surface area contributed by atoms with Gasteiger partial charge in [-0.15, -0.1) is 0 Å². The molecule has 0 aliphatic heterocycles. The van der Waals surface area contributed by atoms with Crippen molar-refractivity contribution in [2.24, 2.45) is 0 Å². The molecule has 6 nitrogen and oxygen atoms in total. The average molecular weight is 508 g/mol. The molecule has 3 aliphatic rings. The van der Waals surface area contributed by atoms with Crippen LogP contribution in [0.2, 0.25) is 0 Å². The number of halogens is 3. The van der Waals surface area contributed by atoms with Crippen molar-refractivity contribution in [3.05, 3.63) is 34.9 Å². The van der Waals surface area contributed by atoms with Crippen molar-refractivity contribution in [3.8, 4) is 0 Å². The van der Waals surface area contributed by atoms with Gasteiger partial charge in [0.15, 0.2) is 0 Å². The summed E-state index contributed by atoms with van der Waals surface area (Å²) in [5.41, 5.74) is 0.528. The molecule has 0 unspecified atom stereocenters. The lowest BCUT2D eigenvalue weighted by atomic mass is 9.93. The van der Waals surface area contributed by atoms with Gasteiger partial charge < -0.3 is 16.0 Å². The Morgan fingerprint density at radius 2 is 0.694 bits per heavy atom. The van der Waals surface area contributed by atoms with Gasteiger partial charge in [0.1, 0.15) is 18.5 Å². The van der Waals surface area contributed by atoms with Gasteiger partial charge in [-0.05, 0) is 95.2 Å². The molecule has 36 heavy (non-hydrogen) atoms. The SMILES string of the molecule is O=C(NC1CCC(F)CC1)c1cc(C(=O)NC2CCC(F)CC2)cc(C(=O)NC2CCC(F)CC2)c1. The molecular weight excluding hydrogens is 471 g/mol. The zero-order chi connectivity index (χ0) is 25.7. The van der Waals surface area contributed by atoms with E-state index in [9.17, 15) is 27.6 Å². The smallest absolute Gasteiger partial charge is 0.251 e. The molecule has 0 aromatic heterocycles. The van der Waals surface area contributed by atoms with Gasteiger partial charge in [0, 0.05) is 34.8 Å². The first kappa shape index (κ1) is 26.5. The van der Waals surface area contributed by atoms with Crippen LogP contribution in [0.15, 0.2) is 18.2 Å². The van der Waals surface area contributed by atoms with Crippen LogP contribution in [0.25, 0.3) is 0 Å². The van der Waals surface area contributed by atoms with E-state index in [1.807, 2.05) is 0 Å². The van der Waals surface area contributed by atoms with Crippen LogP contribution in [-0.2, 0) is 0 Å². The fourth-order valence-corrected chi connectivity index (χ4v) is 5.42. The summed E-state index contributed by atoms with van der Waals surface area (Å²) >= 11 is 0. The van der Waals surface area contributed by atoms with Gasteiger partial charge in [0.25, 0.3) is 17.7 Å². The minimum absolute atomic E-state index is 0.161. The van der Waals surface area contributed by atoms with E-state index < -0.39 is 36.2 Å². The monoisotopic (exact) mass is 507 g/mol. The summed E-state index contributed by atoms with van der Waals surface area (Å²) in [6.07, 6.45) is 3.03. The highest BCUT2D eigenvalue weighted by Crippen LogP contribution is 2.24. The number of hydrogen-bond acceptors (Lipinski definition) is 3. The van der Waals surface area contributed by atoms with Crippen LogP contribution in [-0.4, -0.2) is 54.4 Å². The van der Waals surface area contributed by atoms with Crippen LogP contribution in [0, 0.1) is 0 Å². The molecule has 0 saturated heterocycles. The van der Waals surface area contributed by atoms with E-state index in [0.717, 1.165) is 0 Å². The maximum Gasteiger partial charge on any atom is 0.251 e. The standard InChI is InChI=1S/C27H36F3N3O3/c28-19-1-7-22(8-2-19)31-25(34)16-13-17(26(35)32-23-9-3-20(29)4-10-23)15-18(14-16)27(36)33-24-11-5-21(30)6-12-24/h13-15,19-24H,1-12H2,(H,31,34)(H,32,35)(H,33,36). The first-order valence-corrected chi connectivity index (χ1v) is 13.3. The fourth-order valence-electron chi connectivity index (χ4n) is 5.42. The maximum absolute atomic E-state index is 13.5. The molecule has 0 heterocycles. The van der Waals surface area contributed by atoms with Crippen molar-refractivity contribution in [1.29, 1.82) is 0 Å². The molecule has 0 spiro atoms. The number of carbonyl (C=O) groups is 3. The Hall–Kier alpha value is -2.58. The van der Waals surface area contributed by atoms with Crippen LogP contribution in [0.5, 0.6) is 0 Å². The van der Waals surface area contributed by atoms with Crippen molar-refractivity contribution in [3.63, 3.8) is 0 Å². The highest BCUT2D eigenvalue weighted by Gasteiger charge is 2.27. The van der Waals surface area contributed by atoms with E-state index in [1.165, 1.54) is 18.2 Å². The van der Waals surface area contributed by atoms with Crippen molar-refractivity contribution >= 4 is 17.7 Å². The lowest BCUT2D eigenvalue weighted by molar-refractivity contribution is 0.0916. The van der Waals surface area contributed by atoms with Gasteiger partial charge in [-0.1, -0.05) is 0 Å². The van der Waals surface area contributed by atoms with E-state index in [4.69, 9.17) is 0 Å². The average Bonchev–Trinajstić information content (AvgIpc) is 2.87. The summed E-state index contributed by atoms with van der Waals surface area (Å²) in [6.45, 7) is 0. The second-order valence-electron chi connectivity index (χ2n) is 10.6. The third-order valence-corrected chi connectivity index (χ3v) is 7.70. The predicted molar refractivity (Wildman–Crippen MR) is 130 cm³/mol. The topological polar surface area (TPSA) is 87.3 Å². The third kappa shape index (κ3) is 7.23. The van der Waals surface area contributed by atoms with Gasteiger partial charge >= 0.3 is 0 Å². The van der Waals surface area contributed by atoms with E-state index in [0.29, 0.717) is 77.0 Å². The predicted octanol–water partition coefficient (Wildman–Crippen LogP) is 4.72. The highest BCUT2D eigenvalue weighted by molar-refractivity contribution is 6.04. The minimum atomic E-state index is -0.847. The van der Waals surface area contributed by atoms with E-state index >= 15 is 0 Å². The van der Waals surface area contributed by atoms with Crippen LogP contribution in [0.3, 0.4) is 0 Å². The number of carbonyl (C=O) groups excluding carboxylic acids is 3. The zero-order valence-corrected chi connectivity index (χ0v) is 20.5. The van der Waals surface area contributed by atoms with E-state index in [-0.39, 0.29) is 34.8 Å².